The number of carbonyl (C=O) groups is 2. The molecule has 7 heteroatoms. The van der Waals surface area contributed by atoms with E-state index in [9.17, 15) is 9.59 Å². The fraction of sp³-hybridized carbons (Fsp3) is 0.357. The first-order valence-electron chi connectivity index (χ1n) is 6.59. The first-order chi connectivity index (χ1) is 10.0. The van der Waals surface area contributed by atoms with Crippen molar-refractivity contribution in [3.8, 4) is 0 Å². The average molecular weight is 323 g/mol. The van der Waals surface area contributed by atoms with Gasteiger partial charge in [0.2, 0.25) is 5.91 Å². The quantitative estimate of drug-likeness (QED) is 0.888. The van der Waals surface area contributed by atoms with Crippen LogP contribution in [0.15, 0.2) is 11.4 Å². The van der Waals surface area contributed by atoms with E-state index in [0.29, 0.717) is 17.1 Å². The zero-order valence-electron chi connectivity index (χ0n) is 12.1. The highest BCUT2D eigenvalue weighted by Gasteiger charge is 2.15. The molecule has 21 heavy (non-hydrogen) atoms. The standard InChI is InChI=1S/C14H17N3O2S2/c1-4-10-12(21-9(3)17-10)7-15-14(19)13-11(5-6-20-13)16-8(2)18/h5-6H,4,7H2,1-3H3,(H,15,19)(H,16,18). The topological polar surface area (TPSA) is 71.1 Å². The van der Waals surface area contributed by atoms with Crippen LogP contribution in [0.25, 0.3) is 0 Å². The highest BCUT2D eigenvalue weighted by molar-refractivity contribution is 7.12. The van der Waals surface area contributed by atoms with Gasteiger partial charge in [-0.3, -0.25) is 9.59 Å². The van der Waals surface area contributed by atoms with Gasteiger partial charge in [-0.1, -0.05) is 6.92 Å². The monoisotopic (exact) mass is 323 g/mol. The van der Waals surface area contributed by atoms with Crippen LogP contribution in [0.3, 0.4) is 0 Å². The summed E-state index contributed by atoms with van der Waals surface area (Å²) in [5, 5.41) is 8.35. The van der Waals surface area contributed by atoms with Gasteiger partial charge in [0.1, 0.15) is 4.88 Å². The molecule has 0 saturated carbocycles. The molecule has 2 amide bonds. The number of anilines is 1. The van der Waals surface area contributed by atoms with Gasteiger partial charge in [0.15, 0.2) is 0 Å². The van der Waals surface area contributed by atoms with Crippen LogP contribution in [0.5, 0.6) is 0 Å². The summed E-state index contributed by atoms with van der Waals surface area (Å²) in [7, 11) is 0. The second-order valence-electron chi connectivity index (χ2n) is 4.48. The summed E-state index contributed by atoms with van der Waals surface area (Å²) >= 11 is 2.91. The van der Waals surface area contributed by atoms with Gasteiger partial charge in [0.25, 0.3) is 5.91 Å². The number of nitrogens with zero attached hydrogens (tertiary/aromatic N) is 1. The average Bonchev–Trinajstić information content (AvgIpc) is 3.01. The molecule has 0 spiro atoms. The van der Waals surface area contributed by atoms with Gasteiger partial charge in [-0.25, -0.2) is 4.98 Å². The van der Waals surface area contributed by atoms with E-state index >= 15 is 0 Å². The van der Waals surface area contributed by atoms with Crippen molar-refractivity contribution in [2.24, 2.45) is 0 Å². The molecule has 2 rings (SSSR count). The molecule has 0 fully saturated rings. The molecular formula is C14H17N3O2S2. The highest BCUT2D eigenvalue weighted by Crippen LogP contribution is 2.23. The third-order valence-corrected chi connectivity index (χ3v) is 4.74. The third-order valence-electron chi connectivity index (χ3n) is 2.81. The van der Waals surface area contributed by atoms with Crippen molar-refractivity contribution in [1.82, 2.24) is 10.3 Å². The van der Waals surface area contributed by atoms with Crippen molar-refractivity contribution in [3.63, 3.8) is 0 Å². The molecular weight excluding hydrogens is 306 g/mol. The second-order valence-corrected chi connectivity index (χ2v) is 6.69. The molecule has 112 valence electrons. The van der Waals surface area contributed by atoms with Crippen LogP contribution in [0.2, 0.25) is 0 Å². The Hall–Kier alpha value is -1.73. The molecule has 2 N–H and O–H groups in total. The van der Waals surface area contributed by atoms with Gasteiger partial charge in [-0.05, 0) is 24.8 Å². The summed E-state index contributed by atoms with van der Waals surface area (Å²) in [5.74, 6) is -0.365. The normalized spacial score (nSPS) is 10.4. The largest absolute Gasteiger partial charge is 0.346 e. The van der Waals surface area contributed by atoms with E-state index in [1.165, 1.54) is 18.3 Å². The maximum Gasteiger partial charge on any atom is 0.263 e. The Labute approximate surface area is 131 Å². The number of hydrogen-bond acceptors (Lipinski definition) is 5. The van der Waals surface area contributed by atoms with Gasteiger partial charge in [0, 0.05) is 11.8 Å². The summed E-state index contributed by atoms with van der Waals surface area (Å²) in [6.45, 7) is 5.90. The van der Waals surface area contributed by atoms with E-state index in [4.69, 9.17) is 0 Å². The molecule has 5 nitrogen and oxygen atoms in total. The summed E-state index contributed by atoms with van der Waals surface area (Å²) in [5.41, 5.74) is 1.59. The molecule has 0 aliphatic rings. The van der Waals surface area contributed by atoms with E-state index in [-0.39, 0.29) is 11.8 Å². The molecule has 0 aliphatic carbocycles. The Morgan fingerprint density at radius 1 is 1.38 bits per heavy atom. The smallest absolute Gasteiger partial charge is 0.263 e. The number of rotatable bonds is 5. The van der Waals surface area contributed by atoms with Crippen molar-refractivity contribution in [2.75, 3.05) is 5.32 Å². The number of amides is 2. The van der Waals surface area contributed by atoms with Crippen LogP contribution in [-0.2, 0) is 17.8 Å². The number of hydrogen-bond donors (Lipinski definition) is 2. The Balaban J connectivity index is 2.05. The lowest BCUT2D eigenvalue weighted by Crippen LogP contribution is -2.23. The lowest BCUT2D eigenvalue weighted by molar-refractivity contribution is -0.114. The third kappa shape index (κ3) is 3.89. The Morgan fingerprint density at radius 3 is 2.81 bits per heavy atom. The fourth-order valence-electron chi connectivity index (χ4n) is 1.94. The molecule has 0 radical (unpaired) electrons. The summed E-state index contributed by atoms with van der Waals surface area (Å²) < 4.78 is 0. The van der Waals surface area contributed by atoms with Crippen molar-refractivity contribution in [2.45, 2.75) is 33.7 Å². The number of thiazole rings is 1. The number of aromatic nitrogens is 1. The second kappa shape index (κ2) is 6.82. The van der Waals surface area contributed by atoms with Crippen molar-refractivity contribution >= 4 is 40.2 Å². The molecule has 0 saturated heterocycles. The molecule has 0 aromatic carbocycles. The number of carbonyl (C=O) groups excluding carboxylic acids is 2. The predicted octanol–water partition coefficient (Wildman–Crippen LogP) is 2.96. The zero-order valence-corrected chi connectivity index (χ0v) is 13.8. The maximum atomic E-state index is 12.2. The van der Waals surface area contributed by atoms with Crippen molar-refractivity contribution < 1.29 is 9.59 Å². The first kappa shape index (κ1) is 15.7. The summed E-state index contributed by atoms with van der Waals surface area (Å²) in [6, 6.07) is 1.73. The molecule has 0 unspecified atom stereocenters. The summed E-state index contributed by atoms with van der Waals surface area (Å²) in [6.07, 6.45) is 0.853. The van der Waals surface area contributed by atoms with Gasteiger partial charge in [-0.2, -0.15) is 0 Å². The highest BCUT2D eigenvalue weighted by atomic mass is 32.1. The van der Waals surface area contributed by atoms with Crippen molar-refractivity contribution in [3.05, 3.63) is 31.9 Å². The van der Waals surface area contributed by atoms with Gasteiger partial charge >= 0.3 is 0 Å². The molecule has 2 aromatic rings. The van der Waals surface area contributed by atoms with Gasteiger partial charge < -0.3 is 10.6 Å². The lowest BCUT2D eigenvalue weighted by atomic mass is 10.3. The molecule has 0 aliphatic heterocycles. The number of aryl methyl sites for hydroxylation is 2. The van der Waals surface area contributed by atoms with Crippen LogP contribution < -0.4 is 10.6 Å². The Bertz CT molecular complexity index is 661. The molecule has 0 atom stereocenters. The lowest BCUT2D eigenvalue weighted by Gasteiger charge is -2.06. The SMILES string of the molecule is CCc1nc(C)sc1CNC(=O)c1sccc1NC(C)=O. The Morgan fingerprint density at radius 2 is 2.14 bits per heavy atom. The summed E-state index contributed by atoms with van der Waals surface area (Å²) in [4.78, 5) is 29.4. The Kier molecular flexibility index (Phi) is 5.08. The van der Waals surface area contributed by atoms with Crippen LogP contribution in [0, 0.1) is 6.92 Å². The van der Waals surface area contributed by atoms with Crippen LogP contribution >= 0.6 is 22.7 Å². The fourth-order valence-corrected chi connectivity index (χ4v) is 3.67. The van der Waals surface area contributed by atoms with E-state index in [2.05, 4.69) is 15.6 Å². The minimum absolute atomic E-state index is 0.179. The molecule has 2 aromatic heterocycles. The first-order valence-corrected chi connectivity index (χ1v) is 8.29. The van der Waals surface area contributed by atoms with E-state index in [0.717, 1.165) is 22.0 Å². The molecule has 0 bridgehead atoms. The molecule has 2 heterocycles. The predicted molar refractivity (Wildman–Crippen MR) is 86.0 cm³/mol. The number of nitrogens with one attached hydrogen (secondary N) is 2. The van der Waals surface area contributed by atoms with E-state index in [1.54, 1.807) is 22.8 Å². The van der Waals surface area contributed by atoms with Gasteiger partial charge in [0.05, 0.1) is 22.9 Å². The number of thiophene rings is 1. The van der Waals surface area contributed by atoms with E-state index < -0.39 is 0 Å². The van der Waals surface area contributed by atoms with Crippen molar-refractivity contribution in [1.29, 1.82) is 0 Å². The maximum absolute atomic E-state index is 12.2. The minimum atomic E-state index is -0.186. The van der Waals surface area contributed by atoms with E-state index in [1.807, 2.05) is 13.8 Å². The van der Waals surface area contributed by atoms with Crippen LogP contribution in [0.4, 0.5) is 5.69 Å². The zero-order chi connectivity index (χ0) is 15.4. The van der Waals surface area contributed by atoms with Gasteiger partial charge in [-0.15, -0.1) is 22.7 Å². The van der Waals surface area contributed by atoms with Crippen LogP contribution in [0.1, 0.15) is 39.1 Å². The van der Waals surface area contributed by atoms with Crippen LogP contribution in [-0.4, -0.2) is 16.8 Å². The minimum Gasteiger partial charge on any atom is -0.346 e.